The van der Waals surface area contributed by atoms with Gasteiger partial charge in [-0.1, -0.05) is 55.6 Å². The first-order valence-electron chi connectivity index (χ1n) is 9.40. The van der Waals surface area contributed by atoms with Crippen LogP contribution in [-0.4, -0.2) is 22.2 Å². The summed E-state index contributed by atoms with van der Waals surface area (Å²) in [5.74, 6) is -0.286. The summed E-state index contributed by atoms with van der Waals surface area (Å²) in [4.78, 5) is 17.8. The Kier molecular flexibility index (Phi) is 6.15. The summed E-state index contributed by atoms with van der Waals surface area (Å²) in [6.45, 7) is 1.97. The fourth-order valence-electron chi connectivity index (χ4n) is 3.15. The van der Waals surface area contributed by atoms with E-state index in [-0.39, 0.29) is 11.7 Å². The monoisotopic (exact) mass is 537 g/mol. The molecular weight excluding hydrogens is 522 g/mol. The zero-order chi connectivity index (χ0) is 22.0. The summed E-state index contributed by atoms with van der Waals surface area (Å²) >= 11 is 6.79. The number of carbonyl (C=O) groups excluding carboxylic acids is 1. The first-order chi connectivity index (χ1) is 14.9. The van der Waals surface area contributed by atoms with Gasteiger partial charge in [0.25, 0.3) is 5.91 Å². The summed E-state index contributed by atoms with van der Waals surface area (Å²) in [5, 5.41) is 14.7. The molecule has 0 atom stereocenters. The molecule has 0 bridgehead atoms. The van der Waals surface area contributed by atoms with Crippen LogP contribution in [0, 0.1) is 6.92 Å². The minimum absolute atomic E-state index is 0.0729. The number of hydrogen-bond donors (Lipinski definition) is 2. The number of hydrazone groups is 1. The van der Waals surface area contributed by atoms with E-state index in [1.54, 1.807) is 24.3 Å². The lowest BCUT2D eigenvalue weighted by molar-refractivity contribution is 0.0956. The molecule has 4 rings (SSSR count). The van der Waals surface area contributed by atoms with Crippen molar-refractivity contribution in [3.05, 3.63) is 92.4 Å². The number of nitrogens with one attached hydrogen (secondary N) is 1. The van der Waals surface area contributed by atoms with E-state index >= 15 is 0 Å². The molecule has 0 radical (unpaired) electrons. The van der Waals surface area contributed by atoms with Crippen molar-refractivity contribution in [2.75, 3.05) is 0 Å². The van der Waals surface area contributed by atoms with Crippen LogP contribution in [0.2, 0.25) is 0 Å². The highest BCUT2D eigenvalue weighted by molar-refractivity contribution is 9.10. The number of aryl methyl sites for hydroxylation is 1. The second kappa shape index (κ2) is 8.99. The molecule has 154 valence electrons. The maximum atomic E-state index is 13.0. The molecule has 0 fully saturated rings. The smallest absolute Gasteiger partial charge is 0.272 e. The Morgan fingerprint density at radius 2 is 1.74 bits per heavy atom. The lowest BCUT2D eigenvalue weighted by atomic mass is 10.0. The van der Waals surface area contributed by atoms with Gasteiger partial charge in [0.1, 0.15) is 5.75 Å². The molecule has 0 saturated carbocycles. The Hall–Kier alpha value is -3.03. The van der Waals surface area contributed by atoms with Crippen LogP contribution in [0.4, 0.5) is 0 Å². The highest BCUT2D eigenvalue weighted by Crippen LogP contribution is 2.27. The first-order valence-corrected chi connectivity index (χ1v) is 11.0. The number of aromatic nitrogens is 1. The number of benzene rings is 3. The minimum Gasteiger partial charge on any atom is -0.507 e. The Morgan fingerprint density at radius 1 is 1.00 bits per heavy atom. The molecule has 7 heteroatoms. The number of fused-ring (bicyclic) bond motifs is 1. The van der Waals surface area contributed by atoms with E-state index in [9.17, 15) is 9.90 Å². The normalized spacial score (nSPS) is 11.2. The molecule has 0 saturated heterocycles. The highest BCUT2D eigenvalue weighted by atomic mass is 79.9. The zero-order valence-electron chi connectivity index (χ0n) is 16.4. The number of aromatic hydroxyl groups is 1. The average Bonchev–Trinajstić information content (AvgIpc) is 2.76. The largest absolute Gasteiger partial charge is 0.507 e. The molecule has 31 heavy (non-hydrogen) atoms. The molecule has 1 aromatic heterocycles. The molecule has 3 aromatic carbocycles. The second-order valence-electron chi connectivity index (χ2n) is 6.98. The number of halogens is 2. The van der Waals surface area contributed by atoms with Crippen molar-refractivity contribution in [3.63, 3.8) is 0 Å². The van der Waals surface area contributed by atoms with Crippen molar-refractivity contribution in [1.82, 2.24) is 10.4 Å². The number of nitrogens with zero attached hydrogens (tertiary/aromatic N) is 2. The summed E-state index contributed by atoms with van der Waals surface area (Å²) in [7, 11) is 0. The minimum atomic E-state index is -0.359. The van der Waals surface area contributed by atoms with Gasteiger partial charge in [-0.15, -0.1) is 0 Å². The molecule has 4 aromatic rings. The van der Waals surface area contributed by atoms with Gasteiger partial charge in [0.15, 0.2) is 0 Å². The molecular formula is C24H17Br2N3O2. The van der Waals surface area contributed by atoms with Crippen LogP contribution in [0.25, 0.3) is 22.2 Å². The van der Waals surface area contributed by atoms with Crippen LogP contribution in [0.1, 0.15) is 21.5 Å². The number of amides is 1. The molecule has 1 heterocycles. The van der Waals surface area contributed by atoms with Gasteiger partial charge >= 0.3 is 0 Å². The second-order valence-corrected chi connectivity index (χ2v) is 8.82. The van der Waals surface area contributed by atoms with Crippen LogP contribution in [-0.2, 0) is 0 Å². The van der Waals surface area contributed by atoms with Gasteiger partial charge in [0.05, 0.1) is 23.0 Å². The van der Waals surface area contributed by atoms with Gasteiger partial charge in [0, 0.05) is 25.5 Å². The van der Waals surface area contributed by atoms with E-state index in [0.29, 0.717) is 16.8 Å². The van der Waals surface area contributed by atoms with E-state index in [4.69, 9.17) is 4.98 Å². The average molecular weight is 539 g/mol. The number of pyridine rings is 1. The number of phenolic OH excluding ortho intramolecular Hbond substituents is 1. The van der Waals surface area contributed by atoms with Gasteiger partial charge in [-0.2, -0.15) is 5.10 Å². The van der Waals surface area contributed by atoms with Crippen LogP contribution in [0.3, 0.4) is 0 Å². The lowest BCUT2D eigenvalue weighted by Crippen LogP contribution is -2.18. The maximum absolute atomic E-state index is 13.0. The number of rotatable bonds is 4. The van der Waals surface area contributed by atoms with E-state index in [2.05, 4.69) is 42.4 Å². The van der Waals surface area contributed by atoms with Crippen molar-refractivity contribution in [2.45, 2.75) is 6.92 Å². The van der Waals surface area contributed by atoms with Crippen molar-refractivity contribution in [1.29, 1.82) is 0 Å². The molecule has 5 nitrogen and oxygen atoms in total. The molecule has 0 spiro atoms. The predicted molar refractivity (Wildman–Crippen MR) is 130 cm³/mol. The van der Waals surface area contributed by atoms with Crippen molar-refractivity contribution < 1.29 is 9.90 Å². The summed E-state index contributed by atoms with van der Waals surface area (Å²) in [6.07, 6.45) is 1.41. The third kappa shape index (κ3) is 4.84. The SMILES string of the molecule is Cc1ccc2nc(-c3ccc(Br)cc3)cc(C(=O)N/N=C/c3cc(Br)ccc3O)c2c1. The lowest BCUT2D eigenvalue weighted by Gasteiger charge is -2.10. The van der Waals surface area contributed by atoms with Gasteiger partial charge in [-0.3, -0.25) is 4.79 Å². The van der Waals surface area contributed by atoms with Gasteiger partial charge in [0.2, 0.25) is 0 Å². The Balaban J connectivity index is 1.71. The molecule has 1 amide bonds. The van der Waals surface area contributed by atoms with Gasteiger partial charge < -0.3 is 5.11 Å². The fraction of sp³-hybridized carbons (Fsp3) is 0.0417. The van der Waals surface area contributed by atoms with Crippen LogP contribution in [0.15, 0.2) is 80.8 Å². The number of hydrogen-bond acceptors (Lipinski definition) is 4. The Bertz CT molecular complexity index is 1320. The quantitative estimate of drug-likeness (QED) is 0.240. The van der Waals surface area contributed by atoms with Gasteiger partial charge in [-0.25, -0.2) is 10.4 Å². The number of phenols is 1. The highest BCUT2D eigenvalue weighted by Gasteiger charge is 2.14. The molecule has 0 aliphatic carbocycles. The van der Waals surface area contributed by atoms with E-state index in [1.165, 1.54) is 6.21 Å². The Morgan fingerprint density at radius 3 is 2.52 bits per heavy atom. The zero-order valence-corrected chi connectivity index (χ0v) is 19.6. The molecule has 0 aliphatic rings. The maximum Gasteiger partial charge on any atom is 0.272 e. The van der Waals surface area contributed by atoms with E-state index in [0.717, 1.165) is 31.0 Å². The topological polar surface area (TPSA) is 74.6 Å². The van der Waals surface area contributed by atoms with E-state index < -0.39 is 0 Å². The predicted octanol–water partition coefficient (Wildman–Crippen LogP) is 6.20. The van der Waals surface area contributed by atoms with Crippen LogP contribution < -0.4 is 5.43 Å². The summed E-state index contributed by atoms with van der Waals surface area (Å²) in [6, 6.07) is 20.3. The molecule has 0 aliphatic heterocycles. The Labute approximate surface area is 196 Å². The van der Waals surface area contributed by atoms with Crippen LogP contribution in [0.5, 0.6) is 5.75 Å². The molecule has 2 N–H and O–H groups in total. The summed E-state index contributed by atoms with van der Waals surface area (Å²) < 4.78 is 1.77. The van der Waals surface area contributed by atoms with Crippen molar-refractivity contribution in [2.24, 2.45) is 5.10 Å². The van der Waals surface area contributed by atoms with Crippen molar-refractivity contribution >= 4 is 54.9 Å². The standard InChI is InChI=1S/C24H17Br2N3O2/c1-14-2-8-21-19(10-14)20(12-22(28-21)15-3-5-17(25)6-4-15)24(31)29-27-13-16-11-18(26)7-9-23(16)30/h2-13,30H,1H3,(H,29,31)/b27-13+. The third-order valence-electron chi connectivity index (χ3n) is 4.71. The summed E-state index contributed by atoms with van der Waals surface area (Å²) in [5.41, 5.74) is 6.88. The van der Waals surface area contributed by atoms with Crippen molar-refractivity contribution in [3.8, 4) is 17.0 Å². The molecule has 0 unspecified atom stereocenters. The fourth-order valence-corrected chi connectivity index (χ4v) is 3.79. The van der Waals surface area contributed by atoms with Crippen LogP contribution >= 0.6 is 31.9 Å². The first kappa shape index (κ1) is 21.2. The van der Waals surface area contributed by atoms with Gasteiger partial charge in [-0.05, 0) is 55.5 Å². The van der Waals surface area contributed by atoms with E-state index in [1.807, 2.05) is 49.4 Å². The third-order valence-corrected chi connectivity index (χ3v) is 5.73. The number of carbonyl (C=O) groups is 1.